The Bertz CT molecular complexity index is 2760. The van der Waals surface area contributed by atoms with Crippen LogP contribution >= 0.6 is 17.0 Å². The van der Waals surface area contributed by atoms with E-state index in [1.807, 2.05) is 0 Å². The van der Waals surface area contributed by atoms with Crippen LogP contribution in [-0.4, -0.2) is 9.52 Å². The zero-order valence-corrected chi connectivity index (χ0v) is 45.7. The molecule has 2 aliphatic carbocycles. The Morgan fingerprint density at radius 1 is 0.516 bits per heavy atom. The van der Waals surface area contributed by atoms with Crippen molar-refractivity contribution in [1.29, 1.82) is 0 Å². The Morgan fingerprint density at radius 2 is 0.938 bits per heavy atom. The van der Waals surface area contributed by atoms with E-state index < -0.39 is 25.9 Å². The number of aryl methyl sites for hydroxylation is 2. The van der Waals surface area contributed by atoms with E-state index in [-0.39, 0.29) is 18.1 Å². The van der Waals surface area contributed by atoms with Crippen LogP contribution in [0.3, 0.4) is 0 Å². The molecule has 64 heavy (non-hydrogen) atoms. The van der Waals surface area contributed by atoms with Gasteiger partial charge in [0, 0.05) is 0 Å². The van der Waals surface area contributed by atoms with Crippen molar-refractivity contribution in [3.63, 3.8) is 0 Å². The molecule has 6 aromatic carbocycles. The van der Waals surface area contributed by atoms with E-state index >= 15 is 0 Å². The molecule has 0 spiro atoms. The summed E-state index contributed by atoms with van der Waals surface area (Å²) < 4.78 is 1.05. The fourth-order valence-electron chi connectivity index (χ4n) is 12.2. The first-order valence-corrected chi connectivity index (χ1v) is 35.7. The molecule has 0 aromatic heterocycles. The standard InChI is InChI=1S/2C24H29.C12H9Si.2ClH.Zr/c2*1-16(2)13-18-14-19-11-12-22(24(4,5)6)23(21(19)15-18)20-10-8-7-9-17(20)3;1-3-7-11-9(5-1)10-6-2-4-8-12(10)13-11;;;/h2*7-12,14-16H,13H2,1-6H3;1-7H,13H2;2*1H;/q;;;;;+2/p-2. The molecule has 0 bridgehead atoms. The number of allylic oxidation sites excluding steroid dienone is 2. The van der Waals surface area contributed by atoms with Crippen LogP contribution in [0.1, 0.15) is 134 Å². The second kappa shape index (κ2) is 16.4. The van der Waals surface area contributed by atoms with Crippen molar-refractivity contribution in [3.05, 3.63) is 171 Å². The van der Waals surface area contributed by atoms with Crippen LogP contribution in [-0.2, 0) is 27.2 Å². The van der Waals surface area contributed by atoms with Crippen LogP contribution in [0.4, 0.5) is 0 Å². The number of hydrogen-bond acceptors (Lipinski definition) is 0. The summed E-state index contributed by atoms with van der Waals surface area (Å²) in [5, 5.41) is 2.98. The Morgan fingerprint density at radius 3 is 1.38 bits per heavy atom. The number of halogens is 2. The van der Waals surface area contributed by atoms with Crippen LogP contribution in [0, 0.1) is 25.7 Å². The summed E-state index contributed by atoms with van der Waals surface area (Å²) >= 11 is -5.80. The van der Waals surface area contributed by atoms with Gasteiger partial charge in [-0.25, -0.2) is 0 Å². The van der Waals surface area contributed by atoms with Crippen molar-refractivity contribution in [2.24, 2.45) is 11.8 Å². The summed E-state index contributed by atoms with van der Waals surface area (Å²) in [6.07, 6.45) is 7.06. The molecule has 2 atom stereocenters. The number of fused-ring (bicyclic) bond motifs is 5. The van der Waals surface area contributed by atoms with Crippen molar-refractivity contribution < 1.29 is 16.4 Å². The zero-order chi connectivity index (χ0) is 45.7. The molecule has 1 aliphatic heterocycles. The van der Waals surface area contributed by atoms with Gasteiger partial charge in [0.05, 0.1) is 0 Å². The van der Waals surface area contributed by atoms with Gasteiger partial charge >= 0.3 is 399 Å². The maximum atomic E-state index is 9.61. The second-order valence-corrected chi connectivity index (χ2v) is 44.9. The van der Waals surface area contributed by atoms with Crippen molar-refractivity contribution in [3.8, 4) is 33.4 Å². The van der Waals surface area contributed by atoms with Gasteiger partial charge in [-0.3, -0.25) is 0 Å². The summed E-state index contributed by atoms with van der Waals surface area (Å²) in [6, 6.07) is 44.0. The van der Waals surface area contributed by atoms with E-state index in [4.69, 9.17) is 0 Å². The topological polar surface area (TPSA) is 0 Å². The van der Waals surface area contributed by atoms with E-state index in [1.165, 1.54) is 103 Å². The number of rotatable bonds is 9. The maximum absolute atomic E-state index is 9.61. The molecule has 9 rings (SSSR count). The third-order valence-electron chi connectivity index (χ3n) is 14.7. The summed E-state index contributed by atoms with van der Waals surface area (Å²) in [4.78, 5) is 0. The first-order chi connectivity index (χ1) is 30.2. The van der Waals surface area contributed by atoms with Gasteiger partial charge in [0.25, 0.3) is 0 Å². The predicted octanol–water partition coefficient (Wildman–Crippen LogP) is 15.3. The van der Waals surface area contributed by atoms with Gasteiger partial charge in [0.15, 0.2) is 0 Å². The Balaban J connectivity index is 1.44. The minimum absolute atomic E-state index is 0.0807. The molecule has 0 radical (unpaired) electrons. The summed E-state index contributed by atoms with van der Waals surface area (Å²) in [7, 11) is 18.3. The Hall–Kier alpha value is -3.52. The van der Waals surface area contributed by atoms with Gasteiger partial charge in [-0.15, -0.1) is 0 Å². The van der Waals surface area contributed by atoms with E-state index in [1.54, 1.807) is 0 Å². The molecular weight excluding hydrogens is 911 g/mol. The fourth-order valence-corrected chi connectivity index (χ4v) is 40.0. The van der Waals surface area contributed by atoms with Crippen molar-refractivity contribution in [1.82, 2.24) is 0 Å². The first-order valence-electron chi connectivity index (χ1n) is 23.9. The predicted molar refractivity (Wildman–Crippen MR) is 282 cm³/mol. The number of benzene rings is 6. The molecule has 0 fully saturated rings. The van der Waals surface area contributed by atoms with Gasteiger partial charge in [0.1, 0.15) is 0 Å². The quantitative estimate of drug-likeness (QED) is 0.126. The van der Waals surface area contributed by atoms with Crippen LogP contribution in [0.15, 0.2) is 126 Å². The van der Waals surface area contributed by atoms with Gasteiger partial charge in [0.2, 0.25) is 0 Å². The van der Waals surface area contributed by atoms with Crippen LogP contribution in [0.2, 0.25) is 0 Å². The minimum atomic E-state index is -5.80. The molecule has 0 amide bonds. The normalized spacial score (nSPS) is 17.8. The molecule has 0 saturated carbocycles. The second-order valence-electron chi connectivity index (χ2n) is 22.4. The van der Waals surface area contributed by atoms with Gasteiger partial charge < -0.3 is 0 Å². The zero-order valence-electron chi connectivity index (χ0n) is 40.3. The Labute approximate surface area is 395 Å². The number of hydrogen-bond donors (Lipinski definition) is 0. The molecule has 0 nitrogen and oxygen atoms in total. The summed E-state index contributed by atoms with van der Waals surface area (Å²) in [6.45, 7) is 28.2. The van der Waals surface area contributed by atoms with Gasteiger partial charge in [-0.2, -0.15) is 0 Å². The third-order valence-corrected chi connectivity index (χ3v) is 37.5. The molecule has 4 heteroatoms. The monoisotopic (exact) mass is 975 g/mol. The molecule has 0 N–H and O–H groups in total. The van der Waals surface area contributed by atoms with E-state index in [0.717, 1.165) is 12.8 Å². The molecule has 6 aromatic rings. The molecule has 2 unspecified atom stereocenters. The summed E-state index contributed by atoms with van der Waals surface area (Å²) in [5.41, 5.74) is 21.3. The molecule has 329 valence electrons. The van der Waals surface area contributed by atoms with Crippen molar-refractivity contribution >= 4 is 52.3 Å². The van der Waals surface area contributed by atoms with Crippen molar-refractivity contribution in [2.45, 2.75) is 114 Å². The Kier molecular flexibility index (Phi) is 11.7. The van der Waals surface area contributed by atoms with E-state index in [2.05, 4.69) is 210 Å². The van der Waals surface area contributed by atoms with Crippen LogP contribution < -0.4 is 13.6 Å². The SMILES string of the molecule is Cc1ccccc1-c1c(C(C)(C)C)ccc2c1C=C(CC(C)C)[CH]2[Zr]([Cl])([Cl])([c]1cccc2c1[SiH2]c1ccccc1-2)[CH]1C(CC(C)C)=Cc2c1ccc(C(C)(C)C)c2-c1ccccc1C. The van der Waals surface area contributed by atoms with Gasteiger partial charge in [-0.1, -0.05) is 0 Å². The molecule has 3 aliphatic rings. The third kappa shape index (κ3) is 7.41. The van der Waals surface area contributed by atoms with Gasteiger partial charge in [-0.05, 0) is 0 Å². The fraction of sp³-hybridized carbons (Fsp3) is 0.333. The summed E-state index contributed by atoms with van der Waals surface area (Å²) in [5.74, 6) is 0.839. The average Bonchev–Trinajstić information content (AvgIpc) is 3.91. The van der Waals surface area contributed by atoms with E-state index in [9.17, 15) is 17.0 Å². The van der Waals surface area contributed by atoms with Crippen LogP contribution in [0.5, 0.6) is 0 Å². The molecular formula is C60H67Cl2SiZr. The molecule has 1 heterocycles. The first kappa shape index (κ1) is 45.6. The van der Waals surface area contributed by atoms with E-state index in [0.29, 0.717) is 11.8 Å². The van der Waals surface area contributed by atoms with Crippen LogP contribution in [0.25, 0.3) is 45.5 Å². The average molecular weight is 978 g/mol. The van der Waals surface area contributed by atoms with Crippen molar-refractivity contribution in [2.75, 3.05) is 0 Å². The molecule has 0 saturated heterocycles.